The molecule has 0 spiro atoms. The molecule has 0 amide bonds. The summed E-state index contributed by atoms with van der Waals surface area (Å²) < 4.78 is 30.2. The molecule has 0 saturated carbocycles. The van der Waals surface area contributed by atoms with Crippen molar-refractivity contribution in [2.45, 2.75) is 18.6 Å². The summed E-state index contributed by atoms with van der Waals surface area (Å²) in [7, 11) is 0. The maximum absolute atomic E-state index is 12.0. The summed E-state index contributed by atoms with van der Waals surface area (Å²) in [5, 5.41) is 20.9. The highest BCUT2D eigenvalue weighted by Gasteiger charge is 2.16. The van der Waals surface area contributed by atoms with E-state index in [1.54, 1.807) is 24.3 Å². The Kier molecular flexibility index (Phi) is 7.22. The molecule has 0 heterocycles. The second kappa shape index (κ2) is 8.42. The number of benzene rings is 1. The maximum atomic E-state index is 12.0. The van der Waals surface area contributed by atoms with Crippen molar-refractivity contribution < 1.29 is 23.7 Å². The van der Waals surface area contributed by atoms with Gasteiger partial charge in [0.1, 0.15) is 24.6 Å². The van der Waals surface area contributed by atoms with Crippen LogP contribution in [0.15, 0.2) is 28.7 Å². The molecule has 3 N–H and O–H groups in total. The first-order valence-electron chi connectivity index (χ1n) is 5.72. The fourth-order valence-electron chi connectivity index (χ4n) is 1.27. The lowest BCUT2D eigenvalue weighted by Gasteiger charge is -2.15. The Bertz CT molecular complexity index is 364. The molecule has 0 fully saturated rings. The Hall–Kier alpha value is -0.760. The van der Waals surface area contributed by atoms with Crippen molar-refractivity contribution in [3.63, 3.8) is 0 Å². The number of hydrogen-bond acceptors (Lipinski definition) is 4. The van der Waals surface area contributed by atoms with Crippen molar-refractivity contribution in [1.82, 2.24) is 5.32 Å². The van der Waals surface area contributed by atoms with Crippen LogP contribution < -0.4 is 10.1 Å². The highest BCUT2D eigenvalue weighted by molar-refractivity contribution is 9.10. The summed E-state index contributed by atoms with van der Waals surface area (Å²) in [5.74, 6) is 0.606. The lowest BCUT2D eigenvalue weighted by molar-refractivity contribution is -0.00529. The molecule has 0 aliphatic heterocycles. The van der Waals surface area contributed by atoms with Gasteiger partial charge < -0.3 is 20.3 Å². The van der Waals surface area contributed by atoms with Crippen LogP contribution >= 0.6 is 15.9 Å². The minimum Gasteiger partial charge on any atom is -0.491 e. The summed E-state index contributed by atoms with van der Waals surface area (Å²) in [6.07, 6.45) is -5.35. The molecule has 0 saturated heterocycles. The third-order valence-electron chi connectivity index (χ3n) is 2.28. The van der Waals surface area contributed by atoms with E-state index in [1.165, 1.54) is 0 Å². The lowest BCUT2D eigenvalue weighted by Crippen LogP contribution is -2.38. The van der Waals surface area contributed by atoms with Crippen LogP contribution in [-0.4, -0.2) is 48.5 Å². The fourth-order valence-corrected chi connectivity index (χ4v) is 1.53. The molecule has 2 atom stereocenters. The Morgan fingerprint density at radius 3 is 2.37 bits per heavy atom. The van der Waals surface area contributed by atoms with E-state index >= 15 is 0 Å². The first kappa shape index (κ1) is 16.3. The molecule has 4 nitrogen and oxygen atoms in total. The van der Waals surface area contributed by atoms with E-state index < -0.39 is 18.6 Å². The van der Waals surface area contributed by atoms with Crippen LogP contribution in [-0.2, 0) is 0 Å². The predicted molar refractivity (Wildman–Crippen MR) is 70.5 cm³/mol. The molecule has 0 aromatic heterocycles. The Balaban J connectivity index is 2.17. The van der Waals surface area contributed by atoms with E-state index in [9.17, 15) is 13.9 Å². The van der Waals surface area contributed by atoms with E-state index in [0.29, 0.717) is 5.75 Å². The lowest BCUT2D eigenvalue weighted by atomic mass is 10.3. The molecule has 0 radical (unpaired) electrons. The molecule has 1 rings (SSSR count). The summed E-state index contributed by atoms with van der Waals surface area (Å²) in [5.41, 5.74) is 0. The molecule has 0 aliphatic carbocycles. The van der Waals surface area contributed by atoms with Gasteiger partial charge in [0, 0.05) is 17.6 Å². The Morgan fingerprint density at radius 2 is 1.79 bits per heavy atom. The molecular weight excluding hydrogens is 324 g/mol. The second-order valence-electron chi connectivity index (χ2n) is 3.98. The van der Waals surface area contributed by atoms with Crippen molar-refractivity contribution in [2.75, 3.05) is 19.7 Å². The smallest absolute Gasteiger partial charge is 0.265 e. The zero-order valence-electron chi connectivity index (χ0n) is 10.1. The van der Waals surface area contributed by atoms with Crippen LogP contribution in [0.2, 0.25) is 0 Å². The highest BCUT2D eigenvalue weighted by atomic mass is 79.9. The first-order valence-corrected chi connectivity index (χ1v) is 6.51. The Labute approximate surface area is 118 Å². The minimum atomic E-state index is -2.79. The normalized spacial score (nSPS) is 14.4. The van der Waals surface area contributed by atoms with Crippen molar-refractivity contribution in [2.24, 2.45) is 0 Å². The third kappa shape index (κ3) is 6.81. The number of rotatable bonds is 8. The first-order chi connectivity index (χ1) is 8.99. The number of ether oxygens (including phenoxy) is 1. The molecular formula is C12H16BrF2NO3. The summed E-state index contributed by atoms with van der Waals surface area (Å²) >= 11 is 3.28. The second-order valence-corrected chi connectivity index (χ2v) is 4.89. The highest BCUT2D eigenvalue weighted by Crippen LogP contribution is 2.16. The van der Waals surface area contributed by atoms with E-state index in [4.69, 9.17) is 9.84 Å². The predicted octanol–water partition coefficient (Wildman–Crippen LogP) is 1.40. The van der Waals surface area contributed by atoms with Crippen LogP contribution in [0.5, 0.6) is 5.75 Å². The molecule has 108 valence electrons. The average molecular weight is 340 g/mol. The zero-order valence-corrected chi connectivity index (χ0v) is 11.7. The van der Waals surface area contributed by atoms with Gasteiger partial charge in [0.25, 0.3) is 6.43 Å². The fraction of sp³-hybridized carbons (Fsp3) is 0.500. The van der Waals surface area contributed by atoms with Gasteiger partial charge in [0.15, 0.2) is 0 Å². The molecule has 7 heteroatoms. The monoisotopic (exact) mass is 339 g/mol. The van der Waals surface area contributed by atoms with Crippen LogP contribution in [0.3, 0.4) is 0 Å². The topological polar surface area (TPSA) is 61.7 Å². The van der Waals surface area contributed by atoms with Crippen molar-refractivity contribution in [1.29, 1.82) is 0 Å². The zero-order chi connectivity index (χ0) is 14.3. The van der Waals surface area contributed by atoms with Crippen molar-refractivity contribution >= 4 is 15.9 Å². The molecule has 2 unspecified atom stereocenters. The maximum Gasteiger partial charge on any atom is 0.265 e. The summed E-state index contributed by atoms with van der Waals surface area (Å²) in [6, 6.07) is 7.09. The van der Waals surface area contributed by atoms with Gasteiger partial charge in [0.2, 0.25) is 0 Å². The van der Waals surface area contributed by atoms with E-state index in [1.807, 2.05) is 0 Å². The molecule has 1 aromatic rings. The van der Waals surface area contributed by atoms with Gasteiger partial charge in [-0.25, -0.2) is 8.78 Å². The number of halogens is 3. The summed E-state index contributed by atoms with van der Waals surface area (Å²) in [4.78, 5) is 0. The van der Waals surface area contributed by atoms with Gasteiger partial charge in [-0.15, -0.1) is 0 Å². The number of hydrogen-bond donors (Lipinski definition) is 3. The quantitative estimate of drug-likeness (QED) is 0.670. The van der Waals surface area contributed by atoms with E-state index in [2.05, 4.69) is 21.2 Å². The van der Waals surface area contributed by atoms with Gasteiger partial charge in [-0.3, -0.25) is 0 Å². The van der Waals surface area contributed by atoms with Crippen LogP contribution in [0.1, 0.15) is 0 Å². The standard InChI is InChI=1S/C12H16BrF2NO3/c13-8-1-3-10(4-2-8)19-7-9(17)5-16-6-11(18)12(14)15/h1-4,9,11-12,16-18H,5-7H2. The van der Waals surface area contributed by atoms with Gasteiger partial charge >= 0.3 is 0 Å². The average Bonchev–Trinajstić information content (AvgIpc) is 2.37. The van der Waals surface area contributed by atoms with Gasteiger partial charge in [-0.05, 0) is 24.3 Å². The van der Waals surface area contributed by atoms with E-state index in [-0.39, 0.29) is 19.7 Å². The number of alkyl halides is 2. The number of aliphatic hydroxyl groups is 2. The largest absolute Gasteiger partial charge is 0.491 e. The minimum absolute atomic E-state index is 0.0411. The van der Waals surface area contributed by atoms with Crippen LogP contribution in [0, 0.1) is 0 Å². The summed E-state index contributed by atoms with van der Waals surface area (Å²) in [6.45, 7) is -0.160. The number of aliphatic hydroxyl groups excluding tert-OH is 2. The van der Waals surface area contributed by atoms with Gasteiger partial charge in [-0.1, -0.05) is 15.9 Å². The molecule has 0 aliphatic rings. The molecule has 1 aromatic carbocycles. The molecule has 0 bridgehead atoms. The Morgan fingerprint density at radius 1 is 1.16 bits per heavy atom. The van der Waals surface area contributed by atoms with Crippen molar-refractivity contribution in [3.8, 4) is 5.75 Å². The third-order valence-corrected chi connectivity index (χ3v) is 2.81. The molecule has 19 heavy (non-hydrogen) atoms. The number of nitrogens with one attached hydrogen (secondary N) is 1. The van der Waals surface area contributed by atoms with Crippen molar-refractivity contribution in [3.05, 3.63) is 28.7 Å². The van der Waals surface area contributed by atoms with Gasteiger partial charge in [-0.2, -0.15) is 0 Å². The van der Waals surface area contributed by atoms with Crippen LogP contribution in [0.25, 0.3) is 0 Å². The van der Waals surface area contributed by atoms with Gasteiger partial charge in [0.05, 0.1) is 0 Å². The van der Waals surface area contributed by atoms with E-state index in [0.717, 1.165) is 4.47 Å². The van der Waals surface area contributed by atoms with Crippen LogP contribution in [0.4, 0.5) is 8.78 Å². The SMILES string of the molecule is OC(CNCC(O)C(F)F)COc1ccc(Br)cc1.